The maximum absolute atomic E-state index is 5.44. The van der Waals surface area contributed by atoms with Gasteiger partial charge in [-0.25, -0.2) is 0 Å². The zero-order valence-corrected chi connectivity index (χ0v) is 14.3. The second-order valence-electron chi connectivity index (χ2n) is 5.13. The van der Waals surface area contributed by atoms with Crippen LogP contribution in [0.4, 0.5) is 0 Å². The van der Waals surface area contributed by atoms with Gasteiger partial charge in [-0.05, 0) is 36.2 Å². The van der Waals surface area contributed by atoms with Gasteiger partial charge in [0, 0.05) is 12.3 Å². The monoisotopic (exact) mass is 341 g/mol. The van der Waals surface area contributed by atoms with Gasteiger partial charge >= 0.3 is 0 Å². The molecule has 0 N–H and O–H groups in total. The highest BCUT2D eigenvalue weighted by Gasteiger charge is 2.15. The molecule has 0 bridgehead atoms. The number of aryl methyl sites for hydroxylation is 1. The minimum Gasteiger partial charge on any atom is -0.497 e. The Labute approximate surface area is 145 Å². The van der Waals surface area contributed by atoms with Gasteiger partial charge in [0.2, 0.25) is 5.82 Å². The Balaban J connectivity index is 1.67. The summed E-state index contributed by atoms with van der Waals surface area (Å²) in [5.41, 5.74) is 1.27. The molecule has 2 aromatic heterocycles. The summed E-state index contributed by atoms with van der Waals surface area (Å²) in [6.07, 6.45) is 4.42. The number of benzene rings is 1. The molecule has 124 valence electrons. The van der Waals surface area contributed by atoms with Crippen molar-refractivity contribution in [1.29, 1.82) is 0 Å². The number of hydrogen-bond acceptors (Lipinski definition) is 5. The SMILES string of the molecule is C=CCn1c(SCCc2ccc(OC)cc2)nnc1-c1ccco1. The van der Waals surface area contributed by atoms with Crippen LogP contribution in [0.1, 0.15) is 5.56 Å². The lowest BCUT2D eigenvalue weighted by molar-refractivity contribution is 0.414. The largest absolute Gasteiger partial charge is 0.497 e. The molecule has 5 nitrogen and oxygen atoms in total. The molecule has 0 radical (unpaired) electrons. The summed E-state index contributed by atoms with van der Waals surface area (Å²) < 4.78 is 12.6. The van der Waals surface area contributed by atoms with Gasteiger partial charge in [-0.2, -0.15) is 0 Å². The van der Waals surface area contributed by atoms with Gasteiger partial charge in [-0.15, -0.1) is 16.8 Å². The first-order valence-electron chi connectivity index (χ1n) is 7.65. The van der Waals surface area contributed by atoms with Crippen molar-refractivity contribution >= 4 is 11.8 Å². The maximum atomic E-state index is 5.44. The van der Waals surface area contributed by atoms with E-state index in [9.17, 15) is 0 Å². The summed E-state index contributed by atoms with van der Waals surface area (Å²) in [5, 5.41) is 9.43. The van der Waals surface area contributed by atoms with Crippen molar-refractivity contribution in [3.05, 3.63) is 60.9 Å². The lowest BCUT2D eigenvalue weighted by Crippen LogP contribution is -2.01. The third-order valence-electron chi connectivity index (χ3n) is 3.55. The molecule has 0 aliphatic heterocycles. The van der Waals surface area contributed by atoms with E-state index in [1.54, 1.807) is 25.1 Å². The number of ether oxygens (including phenoxy) is 1. The van der Waals surface area contributed by atoms with Crippen LogP contribution in [0.25, 0.3) is 11.6 Å². The number of thioether (sulfide) groups is 1. The van der Waals surface area contributed by atoms with Crippen LogP contribution in [0.3, 0.4) is 0 Å². The molecule has 3 aromatic rings. The number of nitrogens with zero attached hydrogens (tertiary/aromatic N) is 3. The van der Waals surface area contributed by atoms with E-state index in [-0.39, 0.29) is 0 Å². The summed E-state index contributed by atoms with van der Waals surface area (Å²) >= 11 is 1.68. The highest BCUT2D eigenvalue weighted by Crippen LogP contribution is 2.25. The van der Waals surface area contributed by atoms with Gasteiger partial charge in [0.25, 0.3) is 0 Å². The molecule has 2 heterocycles. The van der Waals surface area contributed by atoms with Crippen LogP contribution >= 0.6 is 11.8 Å². The fourth-order valence-corrected chi connectivity index (χ4v) is 3.27. The standard InChI is InChI=1S/C18H19N3O2S/c1-3-11-21-17(16-5-4-12-23-16)19-20-18(21)24-13-10-14-6-8-15(22-2)9-7-14/h3-9,12H,1,10-11,13H2,2H3. The van der Waals surface area contributed by atoms with Gasteiger partial charge in [0.15, 0.2) is 10.9 Å². The molecule has 0 spiro atoms. The highest BCUT2D eigenvalue weighted by atomic mass is 32.2. The zero-order valence-electron chi connectivity index (χ0n) is 13.5. The van der Waals surface area contributed by atoms with Crippen LogP contribution in [0.5, 0.6) is 5.75 Å². The van der Waals surface area contributed by atoms with E-state index >= 15 is 0 Å². The van der Waals surface area contributed by atoms with Crippen molar-refractivity contribution < 1.29 is 9.15 Å². The first-order chi connectivity index (χ1) is 11.8. The second-order valence-corrected chi connectivity index (χ2v) is 6.19. The lowest BCUT2D eigenvalue weighted by atomic mass is 10.2. The van der Waals surface area contributed by atoms with E-state index in [4.69, 9.17) is 9.15 Å². The predicted molar refractivity (Wildman–Crippen MR) is 95.3 cm³/mol. The van der Waals surface area contributed by atoms with Crippen LogP contribution < -0.4 is 4.74 Å². The van der Waals surface area contributed by atoms with Crippen LogP contribution in [0, 0.1) is 0 Å². The number of furan rings is 1. The minimum absolute atomic E-state index is 0.647. The second kappa shape index (κ2) is 7.88. The molecule has 0 atom stereocenters. The van der Waals surface area contributed by atoms with Crippen molar-refractivity contribution in [2.45, 2.75) is 18.1 Å². The Bertz CT molecular complexity index is 779. The Hall–Kier alpha value is -2.47. The number of rotatable bonds is 8. The predicted octanol–water partition coefficient (Wildman–Crippen LogP) is 4.07. The topological polar surface area (TPSA) is 53.1 Å². The quantitative estimate of drug-likeness (QED) is 0.457. The van der Waals surface area contributed by atoms with Crippen LogP contribution in [-0.4, -0.2) is 27.6 Å². The Kier molecular flexibility index (Phi) is 5.38. The molecule has 0 saturated heterocycles. The van der Waals surface area contributed by atoms with Crippen LogP contribution in [0.15, 0.2) is 64.9 Å². The van der Waals surface area contributed by atoms with Crippen molar-refractivity contribution in [2.75, 3.05) is 12.9 Å². The summed E-state index contributed by atoms with van der Waals surface area (Å²) in [4.78, 5) is 0. The maximum Gasteiger partial charge on any atom is 0.200 e. The fourth-order valence-electron chi connectivity index (χ4n) is 2.33. The normalized spacial score (nSPS) is 10.7. The van der Waals surface area contributed by atoms with E-state index in [0.717, 1.165) is 28.9 Å². The van der Waals surface area contributed by atoms with E-state index < -0.39 is 0 Å². The van der Waals surface area contributed by atoms with Crippen molar-refractivity contribution in [1.82, 2.24) is 14.8 Å². The molecule has 6 heteroatoms. The molecule has 1 aromatic carbocycles. The molecule has 3 rings (SSSR count). The Morgan fingerprint density at radius 3 is 2.75 bits per heavy atom. The molecular weight excluding hydrogens is 322 g/mol. The molecule has 0 amide bonds. The first kappa shape index (κ1) is 16.4. The third kappa shape index (κ3) is 3.71. The van der Waals surface area contributed by atoms with Gasteiger partial charge in [0.1, 0.15) is 5.75 Å². The number of hydrogen-bond donors (Lipinski definition) is 0. The first-order valence-corrected chi connectivity index (χ1v) is 8.64. The molecule has 0 fully saturated rings. The minimum atomic E-state index is 0.647. The van der Waals surface area contributed by atoms with Gasteiger partial charge in [-0.1, -0.05) is 30.0 Å². The van der Waals surface area contributed by atoms with Gasteiger partial charge in [-0.3, -0.25) is 4.57 Å². The van der Waals surface area contributed by atoms with Gasteiger partial charge < -0.3 is 9.15 Å². The Morgan fingerprint density at radius 2 is 2.08 bits per heavy atom. The Morgan fingerprint density at radius 1 is 1.25 bits per heavy atom. The fraction of sp³-hybridized carbons (Fsp3) is 0.222. The zero-order chi connectivity index (χ0) is 16.8. The molecule has 0 unspecified atom stereocenters. The molecule has 24 heavy (non-hydrogen) atoms. The summed E-state index contributed by atoms with van der Waals surface area (Å²) in [5.74, 6) is 3.23. The summed E-state index contributed by atoms with van der Waals surface area (Å²) in [6, 6.07) is 11.9. The number of aromatic nitrogens is 3. The number of methoxy groups -OCH3 is 1. The molecular formula is C18H19N3O2S. The summed E-state index contributed by atoms with van der Waals surface area (Å²) in [7, 11) is 1.67. The van der Waals surface area contributed by atoms with E-state index in [2.05, 4.69) is 28.9 Å². The van der Waals surface area contributed by atoms with Crippen molar-refractivity contribution in [3.8, 4) is 17.3 Å². The number of allylic oxidation sites excluding steroid dienone is 1. The van der Waals surface area contributed by atoms with Gasteiger partial charge in [0.05, 0.1) is 13.4 Å². The smallest absolute Gasteiger partial charge is 0.200 e. The highest BCUT2D eigenvalue weighted by molar-refractivity contribution is 7.99. The van der Waals surface area contributed by atoms with E-state index in [0.29, 0.717) is 12.3 Å². The van der Waals surface area contributed by atoms with Crippen molar-refractivity contribution in [3.63, 3.8) is 0 Å². The molecule has 0 saturated carbocycles. The molecule has 0 aliphatic carbocycles. The van der Waals surface area contributed by atoms with Crippen LogP contribution in [0.2, 0.25) is 0 Å². The van der Waals surface area contributed by atoms with E-state index in [1.807, 2.05) is 34.9 Å². The van der Waals surface area contributed by atoms with Crippen molar-refractivity contribution in [2.24, 2.45) is 0 Å². The summed E-state index contributed by atoms with van der Waals surface area (Å²) in [6.45, 7) is 4.46. The average molecular weight is 341 g/mol. The molecule has 0 aliphatic rings. The lowest BCUT2D eigenvalue weighted by Gasteiger charge is -2.06. The average Bonchev–Trinajstić information content (AvgIpc) is 3.26. The third-order valence-corrected chi connectivity index (χ3v) is 4.52. The van der Waals surface area contributed by atoms with E-state index in [1.165, 1.54) is 5.56 Å². The van der Waals surface area contributed by atoms with Crippen LogP contribution in [-0.2, 0) is 13.0 Å².